The molecule has 4 nitrogen and oxygen atoms in total. The monoisotopic (exact) mass is 357 g/mol. The van der Waals surface area contributed by atoms with Crippen molar-refractivity contribution in [1.82, 2.24) is 4.31 Å². The molecule has 1 fully saturated rings. The summed E-state index contributed by atoms with van der Waals surface area (Å²) in [6.45, 7) is 6.76. The summed E-state index contributed by atoms with van der Waals surface area (Å²) in [7, 11) is -1.87. The number of benzene rings is 2. The van der Waals surface area contributed by atoms with E-state index >= 15 is 0 Å². The lowest BCUT2D eigenvalue weighted by atomic mass is 9.92. The first-order valence-electron chi connectivity index (χ1n) is 8.25. The number of ether oxygens (including phenoxy) is 1. The number of hydrogen-bond donors (Lipinski definition) is 0. The second kappa shape index (κ2) is 7.12. The number of sulfonamides is 1. The molecule has 132 valence electrons. The van der Waals surface area contributed by atoms with Crippen LogP contribution in [0.1, 0.15) is 17.2 Å². The minimum Gasteiger partial charge on any atom is -0.376 e. The van der Waals surface area contributed by atoms with Gasteiger partial charge in [-0.05, 0) is 24.6 Å². The first-order valence-corrected chi connectivity index (χ1v) is 9.69. The maximum atomic E-state index is 12.9. The minimum absolute atomic E-state index is 0.0624. The zero-order valence-electron chi connectivity index (χ0n) is 14.6. The van der Waals surface area contributed by atoms with Crippen molar-refractivity contribution < 1.29 is 13.2 Å². The predicted octanol–water partition coefficient (Wildman–Crippen LogP) is 3.56. The lowest BCUT2D eigenvalue weighted by Gasteiger charge is -2.23. The Labute approximate surface area is 149 Å². The zero-order valence-corrected chi connectivity index (χ0v) is 15.4. The van der Waals surface area contributed by atoms with Gasteiger partial charge in [-0.15, -0.1) is 0 Å². The van der Waals surface area contributed by atoms with Crippen molar-refractivity contribution in [1.29, 1.82) is 0 Å². The van der Waals surface area contributed by atoms with Crippen LogP contribution in [0.5, 0.6) is 0 Å². The molecule has 0 saturated carbocycles. The van der Waals surface area contributed by atoms with Crippen molar-refractivity contribution in [2.75, 3.05) is 20.2 Å². The Kier molecular flexibility index (Phi) is 5.08. The molecule has 1 saturated heterocycles. The standard InChI is InChI=1S/C20H23NO3S/c1-15-9-11-18(12-10-15)25(22,23)21-13-16(2)19(14-21)20(24-3)17-7-5-4-6-8-17/h4-12,19-20H,2,13-14H2,1,3H3/t19-,20-/m1/s1. The van der Waals surface area contributed by atoms with Crippen molar-refractivity contribution in [3.05, 3.63) is 77.9 Å². The Bertz CT molecular complexity index is 844. The van der Waals surface area contributed by atoms with Crippen LogP contribution >= 0.6 is 0 Å². The molecule has 0 radical (unpaired) electrons. The summed E-state index contributed by atoms with van der Waals surface area (Å²) in [5, 5.41) is 0. The van der Waals surface area contributed by atoms with E-state index in [0.29, 0.717) is 18.0 Å². The SMILES string of the molecule is C=C1CN(S(=O)(=O)c2ccc(C)cc2)C[C@H]1[C@H](OC)c1ccccc1. The van der Waals surface area contributed by atoms with Gasteiger partial charge in [-0.2, -0.15) is 4.31 Å². The average Bonchev–Trinajstić information content (AvgIpc) is 3.00. The van der Waals surface area contributed by atoms with Gasteiger partial charge in [0, 0.05) is 26.1 Å². The van der Waals surface area contributed by atoms with E-state index in [4.69, 9.17) is 4.74 Å². The third-order valence-electron chi connectivity index (χ3n) is 4.71. The quantitative estimate of drug-likeness (QED) is 0.769. The van der Waals surface area contributed by atoms with Gasteiger partial charge in [-0.25, -0.2) is 8.42 Å². The third-order valence-corrected chi connectivity index (χ3v) is 6.54. The van der Waals surface area contributed by atoms with E-state index in [-0.39, 0.29) is 12.0 Å². The largest absolute Gasteiger partial charge is 0.376 e. The molecule has 0 aliphatic carbocycles. The molecule has 25 heavy (non-hydrogen) atoms. The maximum absolute atomic E-state index is 12.9. The predicted molar refractivity (Wildman–Crippen MR) is 98.8 cm³/mol. The Balaban J connectivity index is 1.85. The molecule has 5 heteroatoms. The van der Waals surface area contributed by atoms with Crippen LogP contribution in [0.15, 0.2) is 71.6 Å². The van der Waals surface area contributed by atoms with Crippen molar-refractivity contribution in [3.63, 3.8) is 0 Å². The molecule has 0 aromatic heterocycles. The van der Waals surface area contributed by atoms with E-state index in [9.17, 15) is 8.42 Å². The van der Waals surface area contributed by atoms with E-state index in [1.807, 2.05) is 49.4 Å². The van der Waals surface area contributed by atoms with Crippen LogP contribution in [0.2, 0.25) is 0 Å². The molecule has 2 atom stereocenters. The van der Waals surface area contributed by atoms with Crippen LogP contribution in [0.25, 0.3) is 0 Å². The van der Waals surface area contributed by atoms with Crippen LogP contribution < -0.4 is 0 Å². The van der Waals surface area contributed by atoms with Crippen molar-refractivity contribution in [3.8, 4) is 0 Å². The fraction of sp³-hybridized carbons (Fsp3) is 0.300. The van der Waals surface area contributed by atoms with Gasteiger partial charge in [-0.1, -0.05) is 60.2 Å². The highest BCUT2D eigenvalue weighted by atomic mass is 32.2. The van der Waals surface area contributed by atoms with Gasteiger partial charge >= 0.3 is 0 Å². The Morgan fingerprint density at radius 2 is 1.76 bits per heavy atom. The van der Waals surface area contributed by atoms with Crippen LogP contribution in [-0.4, -0.2) is 32.9 Å². The van der Waals surface area contributed by atoms with Crippen LogP contribution in [0.4, 0.5) is 0 Å². The fourth-order valence-corrected chi connectivity index (χ4v) is 4.76. The van der Waals surface area contributed by atoms with Gasteiger partial charge in [0.15, 0.2) is 0 Å². The van der Waals surface area contributed by atoms with Crippen LogP contribution in [0, 0.1) is 12.8 Å². The molecule has 0 amide bonds. The topological polar surface area (TPSA) is 46.6 Å². The van der Waals surface area contributed by atoms with Crippen molar-refractivity contribution >= 4 is 10.0 Å². The second-order valence-corrected chi connectivity index (χ2v) is 8.38. The average molecular weight is 357 g/mol. The van der Waals surface area contributed by atoms with E-state index in [2.05, 4.69) is 6.58 Å². The highest BCUT2D eigenvalue weighted by molar-refractivity contribution is 7.89. The summed E-state index contributed by atoms with van der Waals surface area (Å²) in [5.41, 5.74) is 2.95. The molecule has 1 heterocycles. The lowest BCUT2D eigenvalue weighted by molar-refractivity contribution is 0.0677. The Morgan fingerprint density at radius 1 is 1.12 bits per heavy atom. The number of nitrogens with zero attached hydrogens (tertiary/aromatic N) is 1. The number of hydrogen-bond acceptors (Lipinski definition) is 3. The molecule has 3 rings (SSSR count). The molecule has 1 aliphatic rings. The molecule has 1 aliphatic heterocycles. The molecule has 0 spiro atoms. The number of rotatable bonds is 5. The van der Waals surface area contributed by atoms with Gasteiger partial charge < -0.3 is 4.74 Å². The first-order chi connectivity index (χ1) is 11.9. The molecular weight excluding hydrogens is 334 g/mol. The molecule has 2 aromatic rings. The molecule has 0 unspecified atom stereocenters. The van der Waals surface area contributed by atoms with E-state index in [1.54, 1.807) is 19.2 Å². The third kappa shape index (κ3) is 3.54. The zero-order chi connectivity index (χ0) is 18.0. The summed E-state index contributed by atoms with van der Waals surface area (Å²) in [6.07, 6.45) is -0.202. The molecule has 0 bridgehead atoms. The summed E-state index contributed by atoms with van der Waals surface area (Å²) in [4.78, 5) is 0.320. The van der Waals surface area contributed by atoms with Gasteiger partial charge in [0.2, 0.25) is 10.0 Å². The molecule has 0 N–H and O–H groups in total. The number of aryl methyl sites for hydroxylation is 1. The van der Waals surface area contributed by atoms with E-state index in [1.165, 1.54) is 4.31 Å². The highest BCUT2D eigenvalue weighted by Crippen LogP contribution is 2.37. The minimum atomic E-state index is -3.53. The van der Waals surface area contributed by atoms with E-state index in [0.717, 1.165) is 16.7 Å². The highest BCUT2D eigenvalue weighted by Gasteiger charge is 2.39. The summed E-state index contributed by atoms with van der Waals surface area (Å²) < 4.78 is 33.0. The fourth-order valence-electron chi connectivity index (χ4n) is 3.28. The van der Waals surface area contributed by atoms with Gasteiger partial charge in [0.1, 0.15) is 0 Å². The van der Waals surface area contributed by atoms with Gasteiger partial charge in [-0.3, -0.25) is 0 Å². The van der Waals surface area contributed by atoms with Gasteiger partial charge in [0.25, 0.3) is 0 Å². The molecular formula is C20H23NO3S. The Hall–Kier alpha value is -1.95. The van der Waals surface area contributed by atoms with E-state index < -0.39 is 10.0 Å². The number of methoxy groups -OCH3 is 1. The van der Waals surface area contributed by atoms with Crippen molar-refractivity contribution in [2.45, 2.75) is 17.9 Å². The lowest BCUT2D eigenvalue weighted by Crippen LogP contribution is -2.30. The normalized spacial score (nSPS) is 19.9. The summed E-state index contributed by atoms with van der Waals surface area (Å²) in [6, 6.07) is 16.8. The molecule has 2 aromatic carbocycles. The van der Waals surface area contributed by atoms with Crippen molar-refractivity contribution in [2.24, 2.45) is 5.92 Å². The van der Waals surface area contributed by atoms with Crippen LogP contribution in [0.3, 0.4) is 0 Å². The Morgan fingerprint density at radius 3 is 2.36 bits per heavy atom. The van der Waals surface area contributed by atoms with Crippen LogP contribution in [-0.2, 0) is 14.8 Å². The second-order valence-electron chi connectivity index (χ2n) is 6.44. The summed E-state index contributed by atoms with van der Waals surface area (Å²) >= 11 is 0. The maximum Gasteiger partial charge on any atom is 0.243 e. The summed E-state index contributed by atoms with van der Waals surface area (Å²) in [5.74, 6) is -0.0624. The smallest absolute Gasteiger partial charge is 0.243 e. The van der Waals surface area contributed by atoms with Gasteiger partial charge in [0.05, 0.1) is 11.0 Å². The first kappa shape index (κ1) is 17.9.